The zero-order valence-corrected chi connectivity index (χ0v) is 16.8. The van der Waals surface area contributed by atoms with Crippen LogP contribution in [0.5, 0.6) is 0 Å². The van der Waals surface area contributed by atoms with Crippen LogP contribution in [0.25, 0.3) is 0 Å². The van der Waals surface area contributed by atoms with Gasteiger partial charge in [0.2, 0.25) is 5.91 Å². The van der Waals surface area contributed by atoms with Gasteiger partial charge in [0.1, 0.15) is 0 Å². The van der Waals surface area contributed by atoms with E-state index in [1.54, 1.807) is 0 Å². The largest absolute Gasteiger partial charge is 0.355 e. The Kier molecular flexibility index (Phi) is 9.36. The summed E-state index contributed by atoms with van der Waals surface area (Å²) in [5.41, 5.74) is 0. The van der Waals surface area contributed by atoms with Gasteiger partial charge in [0.05, 0.1) is 11.8 Å². The predicted molar refractivity (Wildman–Crippen MR) is 100 cm³/mol. The second kappa shape index (κ2) is 10.7. The van der Waals surface area contributed by atoms with E-state index in [1.807, 2.05) is 0 Å². The lowest BCUT2D eigenvalue weighted by Gasteiger charge is -2.23. The van der Waals surface area contributed by atoms with E-state index in [1.165, 1.54) is 11.8 Å². The molecule has 1 heterocycles. The molecule has 0 aromatic carbocycles. The molecule has 0 aliphatic heterocycles. The van der Waals surface area contributed by atoms with Crippen molar-refractivity contribution in [2.75, 3.05) is 26.4 Å². The van der Waals surface area contributed by atoms with Gasteiger partial charge in [-0.05, 0) is 32.9 Å². The van der Waals surface area contributed by atoms with Gasteiger partial charge in [-0.25, -0.2) is 0 Å². The fourth-order valence-electron chi connectivity index (χ4n) is 2.46. The van der Waals surface area contributed by atoms with Gasteiger partial charge in [0.25, 0.3) is 0 Å². The molecular formula is C17H33N5OS. The van der Waals surface area contributed by atoms with Crippen molar-refractivity contribution < 1.29 is 4.79 Å². The van der Waals surface area contributed by atoms with Crippen LogP contribution in [0, 0.1) is 5.92 Å². The molecule has 0 bridgehead atoms. The number of thioether (sulfide) groups is 1. The molecule has 24 heavy (non-hydrogen) atoms. The Morgan fingerprint density at radius 3 is 2.54 bits per heavy atom. The summed E-state index contributed by atoms with van der Waals surface area (Å²) < 4.78 is 2.19. The Morgan fingerprint density at radius 2 is 2.00 bits per heavy atom. The molecule has 0 aliphatic carbocycles. The number of carbonyl (C=O) groups excluding carboxylic acids is 1. The molecule has 0 saturated carbocycles. The summed E-state index contributed by atoms with van der Waals surface area (Å²) in [4.78, 5) is 14.1. The molecule has 1 atom stereocenters. The van der Waals surface area contributed by atoms with Crippen LogP contribution in [-0.4, -0.2) is 52.0 Å². The third kappa shape index (κ3) is 6.43. The second-order valence-electron chi connectivity index (χ2n) is 6.72. The zero-order valence-electron chi connectivity index (χ0n) is 16.0. The molecule has 1 amide bonds. The summed E-state index contributed by atoms with van der Waals surface area (Å²) in [5.74, 6) is 1.90. The Morgan fingerprint density at radius 1 is 1.29 bits per heavy atom. The Bertz CT molecular complexity index is 501. The maximum atomic E-state index is 12.0. The molecular weight excluding hydrogens is 322 g/mol. The number of nitrogens with one attached hydrogen (secondary N) is 1. The van der Waals surface area contributed by atoms with E-state index in [0.29, 0.717) is 18.2 Å². The van der Waals surface area contributed by atoms with Crippen LogP contribution in [0.2, 0.25) is 0 Å². The van der Waals surface area contributed by atoms with Crippen LogP contribution in [0.1, 0.15) is 58.8 Å². The Hall–Kier alpha value is -1.08. The molecule has 1 rings (SSSR count). The molecule has 1 aromatic heterocycles. The number of nitrogens with zero attached hydrogens (tertiary/aromatic N) is 4. The lowest BCUT2D eigenvalue weighted by atomic mass is 10.2. The number of amides is 1. The quantitative estimate of drug-likeness (QED) is 0.618. The van der Waals surface area contributed by atoms with Crippen LogP contribution < -0.4 is 5.32 Å². The molecule has 0 radical (unpaired) electrons. The summed E-state index contributed by atoms with van der Waals surface area (Å²) in [6.45, 7) is 10.1. The number of hydrogen-bond donors (Lipinski definition) is 1. The van der Waals surface area contributed by atoms with Crippen LogP contribution in [-0.2, 0) is 11.3 Å². The van der Waals surface area contributed by atoms with Crippen LogP contribution in [0.3, 0.4) is 0 Å². The number of unbranched alkanes of at least 4 members (excludes halogenated alkanes) is 1. The summed E-state index contributed by atoms with van der Waals surface area (Å²) in [6, 6.07) is 0.249. The van der Waals surface area contributed by atoms with Crippen molar-refractivity contribution in [1.82, 2.24) is 25.0 Å². The first kappa shape index (κ1) is 21.0. The van der Waals surface area contributed by atoms with Crippen LogP contribution in [0.15, 0.2) is 5.16 Å². The summed E-state index contributed by atoms with van der Waals surface area (Å²) in [5, 5.41) is 12.6. The van der Waals surface area contributed by atoms with E-state index in [2.05, 4.69) is 66.8 Å². The first-order valence-corrected chi connectivity index (χ1v) is 9.88. The maximum absolute atomic E-state index is 12.0. The highest BCUT2D eigenvalue weighted by atomic mass is 32.2. The summed E-state index contributed by atoms with van der Waals surface area (Å²) in [7, 11) is 4.14. The topological polar surface area (TPSA) is 63.1 Å². The van der Waals surface area contributed by atoms with Gasteiger partial charge in [-0.3, -0.25) is 9.69 Å². The third-order valence-corrected chi connectivity index (χ3v) is 4.80. The van der Waals surface area contributed by atoms with Gasteiger partial charge >= 0.3 is 0 Å². The minimum Gasteiger partial charge on any atom is -0.355 e. The van der Waals surface area contributed by atoms with E-state index in [4.69, 9.17) is 0 Å². The molecule has 0 unspecified atom stereocenters. The third-order valence-electron chi connectivity index (χ3n) is 3.83. The fourth-order valence-corrected chi connectivity index (χ4v) is 3.26. The van der Waals surface area contributed by atoms with Crippen LogP contribution in [0.4, 0.5) is 0 Å². The normalized spacial score (nSPS) is 12.8. The zero-order chi connectivity index (χ0) is 18.1. The minimum atomic E-state index is 0.0555. The Balaban J connectivity index is 2.82. The minimum absolute atomic E-state index is 0.0555. The molecule has 0 saturated heterocycles. The molecule has 138 valence electrons. The molecule has 7 heteroatoms. The van der Waals surface area contributed by atoms with Gasteiger partial charge in [-0.2, -0.15) is 0 Å². The van der Waals surface area contributed by atoms with Crippen molar-refractivity contribution in [3.05, 3.63) is 5.82 Å². The molecule has 1 aromatic rings. The second-order valence-corrected chi connectivity index (χ2v) is 7.66. The number of carbonyl (C=O) groups is 1. The van der Waals surface area contributed by atoms with Gasteiger partial charge < -0.3 is 9.88 Å². The number of hydrogen-bond acceptors (Lipinski definition) is 5. The van der Waals surface area contributed by atoms with Gasteiger partial charge in [0.15, 0.2) is 11.0 Å². The molecule has 0 spiro atoms. The van der Waals surface area contributed by atoms with Gasteiger partial charge in [0, 0.05) is 13.1 Å². The highest BCUT2D eigenvalue weighted by molar-refractivity contribution is 7.99. The average Bonchev–Trinajstić information content (AvgIpc) is 2.92. The molecule has 0 fully saturated rings. The maximum Gasteiger partial charge on any atom is 0.230 e. The summed E-state index contributed by atoms with van der Waals surface area (Å²) in [6.07, 6.45) is 3.19. The van der Waals surface area contributed by atoms with E-state index in [0.717, 1.165) is 36.8 Å². The molecule has 0 aliphatic rings. The number of aromatic nitrogens is 3. The highest BCUT2D eigenvalue weighted by Gasteiger charge is 2.22. The van der Waals surface area contributed by atoms with E-state index < -0.39 is 0 Å². The van der Waals surface area contributed by atoms with Gasteiger partial charge in [-0.1, -0.05) is 45.9 Å². The average molecular weight is 356 g/mol. The van der Waals surface area contributed by atoms with Crippen molar-refractivity contribution in [3.63, 3.8) is 0 Å². The Labute approximate surface area is 150 Å². The lowest BCUT2D eigenvalue weighted by molar-refractivity contribution is -0.118. The predicted octanol–water partition coefficient (Wildman–Crippen LogP) is 2.96. The molecule has 1 N–H and O–H groups in total. The summed E-state index contributed by atoms with van der Waals surface area (Å²) >= 11 is 1.48. The highest BCUT2D eigenvalue weighted by Crippen LogP contribution is 2.25. The SMILES string of the molecule is CCCCn1c(SCC(=O)NCC(C)C)nnc1[C@H](CC)N(C)C. The lowest BCUT2D eigenvalue weighted by Crippen LogP contribution is -2.29. The van der Waals surface area contributed by atoms with E-state index >= 15 is 0 Å². The first-order chi connectivity index (χ1) is 11.4. The molecule has 6 nitrogen and oxygen atoms in total. The van der Waals surface area contributed by atoms with E-state index in [9.17, 15) is 4.79 Å². The van der Waals surface area contributed by atoms with Crippen molar-refractivity contribution in [1.29, 1.82) is 0 Å². The van der Waals surface area contributed by atoms with Gasteiger partial charge in [-0.15, -0.1) is 10.2 Å². The van der Waals surface area contributed by atoms with Crippen molar-refractivity contribution in [2.24, 2.45) is 5.92 Å². The van der Waals surface area contributed by atoms with Crippen molar-refractivity contribution in [2.45, 2.75) is 64.7 Å². The van der Waals surface area contributed by atoms with Crippen LogP contribution >= 0.6 is 11.8 Å². The smallest absolute Gasteiger partial charge is 0.230 e. The number of rotatable bonds is 11. The van der Waals surface area contributed by atoms with E-state index in [-0.39, 0.29) is 11.9 Å². The van der Waals surface area contributed by atoms with Crippen molar-refractivity contribution in [3.8, 4) is 0 Å². The first-order valence-electron chi connectivity index (χ1n) is 8.89. The monoisotopic (exact) mass is 355 g/mol. The fraction of sp³-hybridized carbons (Fsp3) is 0.824. The standard InChI is InChI=1S/C17H33N5OS/c1-7-9-10-22-16(14(8-2)21(5)6)19-20-17(22)24-12-15(23)18-11-13(3)4/h13-14H,7-12H2,1-6H3,(H,18,23)/t14-/m0/s1. The van der Waals surface area contributed by atoms with Crippen molar-refractivity contribution >= 4 is 17.7 Å².